The van der Waals surface area contributed by atoms with Crippen molar-refractivity contribution in [2.75, 3.05) is 6.54 Å². The molecule has 0 aromatic heterocycles. The van der Waals surface area contributed by atoms with Crippen LogP contribution in [0.25, 0.3) is 0 Å². The maximum atomic E-state index is 11.1. The van der Waals surface area contributed by atoms with Crippen LogP contribution in [-0.2, 0) is 16.0 Å². The van der Waals surface area contributed by atoms with Gasteiger partial charge in [0, 0.05) is 23.2 Å². The molecule has 1 rings (SSSR count). The van der Waals surface area contributed by atoms with E-state index in [-0.39, 0.29) is 0 Å². The molecule has 0 saturated heterocycles. The highest BCUT2D eigenvalue weighted by Crippen LogP contribution is 2.11. The van der Waals surface area contributed by atoms with E-state index in [0.717, 1.165) is 22.2 Å². The Morgan fingerprint density at radius 3 is 2.76 bits per heavy atom. The van der Waals surface area contributed by atoms with Crippen LogP contribution in [0.1, 0.15) is 5.56 Å². The fraction of sp³-hybridized carbons (Fsp3) is 0.167. The summed E-state index contributed by atoms with van der Waals surface area (Å²) in [4.78, 5) is 21.3. The zero-order chi connectivity index (χ0) is 12.7. The van der Waals surface area contributed by atoms with E-state index in [4.69, 9.17) is 5.11 Å². The highest BCUT2D eigenvalue weighted by atomic mass is 79.9. The molecule has 17 heavy (non-hydrogen) atoms. The lowest BCUT2D eigenvalue weighted by Crippen LogP contribution is -2.23. The van der Waals surface area contributed by atoms with E-state index in [1.807, 2.05) is 24.3 Å². The van der Waals surface area contributed by atoms with Crippen molar-refractivity contribution in [3.05, 3.63) is 46.5 Å². The standard InChI is InChI=1S/C12H12BrNO3/c13-10-3-1-2-9(8-10)6-7-14-11(15)4-5-12(16)17/h1-5,8H,6-7H2,(H,14,15)(H,16,17)/b5-4+. The van der Waals surface area contributed by atoms with Crippen molar-refractivity contribution < 1.29 is 14.7 Å². The maximum Gasteiger partial charge on any atom is 0.328 e. The molecule has 0 fully saturated rings. The first-order valence-electron chi connectivity index (χ1n) is 5.01. The molecule has 4 nitrogen and oxygen atoms in total. The Morgan fingerprint density at radius 1 is 1.35 bits per heavy atom. The molecule has 1 aromatic rings. The SMILES string of the molecule is O=C(O)/C=C/C(=O)NCCc1cccc(Br)c1. The van der Waals surface area contributed by atoms with Crippen LogP contribution < -0.4 is 5.32 Å². The van der Waals surface area contributed by atoms with Gasteiger partial charge < -0.3 is 10.4 Å². The molecule has 90 valence electrons. The van der Waals surface area contributed by atoms with Gasteiger partial charge in [-0.25, -0.2) is 4.79 Å². The first-order chi connectivity index (χ1) is 8.08. The van der Waals surface area contributed by atoms with Gasteiger partial charge in [0.1, 0.15) is 0 Å². The summed E-state index contributed by atoms with van der Waals surface area (Å²) in [5.74, 6) is -1.53. The molecule has 0 bridgehead atoms. The molecule has 1 aromatic carbocycles. The summed E-state index contributed by atoms with van der Waals surface area (Å²) >= 11 is 3.36. The molecular weight excluding hydrogens is 286 g/mol. The first-order valence-corrected chi connectivity index (χ1v) is 5.80. The highest BCUT2D eigenvalue weighted by molar-refractivity contribution is 9.10. The molecule has 0 aliphatic heterocycles. The summed E-state index contributed by atoms with van der Waals surface area (Å²) < 4.78 is 0.993. The summed E-state index contributed by atoms with van der Waals surface area (Å²) in [6.45, 7) is 0.471. The second-order valence-electron chi connectivity index (χ2n) is 3.34. The van der Waals surface area contributed by atoms with Crippen molar-refractivity contribution in [2.24, 2.45) is 0 Å². The summed E-state index contributed by atoms with van der Waals surface area (Å²) in [5.41, 5.74) is 1.10. The largest absolute Gasteiger partial charge is 0.478 e. The van der Waals surface area contributed by atoms with Crippen molar-refractivity contribution in [1.29, 1.82) is 0 Å². The zero-order valence-corrected chi connectivity index (χ0v) is 10.6. The average Bonchev–Trinajstić information content (AvgIpc) is 2.26. The van der Waals surface area contributed by atoms with Gasteiger partial charge in [0.05, 0.1) is 0 Å². The number of carboxylic acids is 1. The molecule has 0 spiro atoms. The van der Waals surface area contributed by atoms with Crippen LogP contribution in [-0.4, -0.2) is 23.5 Å². The molecule has 0 saturated carbocycles. The third-order valence-electron chi connectivity index (χ3n) is 1.98. The van der Waals surface area contributed by atoms with Crippen LogP contribution in [0.2, 0.25) is 0 Å². The van der Waals surface area contributed by atoms with E-state index >= 15 is 0 Å². The van der Waals surface area contributed by atoms with Crippen molar-refractivity contribution >= 4 is 27.8 Å². The van der Waals surface area contributed by atoms with Crippen LogP contribution in [0, 0.1) is 0 Å². The number of nitrogens with one attached hydrogen (secondary N) is 1. The van der Waals surface area contributed by atoms with E-state index in [1.165, 1.54) is 0 Å². The molecule has 1 amide bonds. The van der Waals surface area contributed by atoms with Gasteiger partial charge >= 0.3 is 5.97 Å². The van der Waals surface area contributed by atoms with Gasteiger partial charge in [-0.05, 0) is 24.1 Å². The van der Waals surface area contributed by atoms with Crippen LogP contribution in [0.4, 0.5) is 0 Å². The molecule has 0 unspecified atom stereocenters. The number of carbonyl (C=O) groups is 2. The Balaban J connectivity index is 2.33. The van der Waals surface area contributed by atoms with Gasteiger partial charge in [-0.3, -0.25) is 4.79 Å². The number of carbonyl (C=O) groups excluding carboxylic acids is 1. The van der Waals surface area contributed by atoms with Crippen molar-refractivity contribution in [1.82, 2.24) is 5.32 Å². The Morgan fingerprint density at radius 2 is 2.12 bits per heavy atom. The third-order valence-corrected chi connectivity index (χ3v) is 2.47. The van der Waals surface area contributed by atoms with Crippen LogP contribution >= 0.6 is 15.9 Å². The van der Waals surface area contributed by atoms with Crippen molar-refractivity contribution in [2.45, 2.75) is 6.42 Å². The molecule has 0 aliphatic carbocycles. The number of rotatable bonds is 5. The normalized spacial score (nSPS) is 10.4. The first kappa shape index (κ1) is 13.4. The van der Waals surface area contributed by atoms with E-state index in [1.54, 1.807) is 0 Å². The lowest BCUT2D eigenvalue weighted by molar-refractivity contribution is -0.131. The smallest absolute Gasteiger partial charge is 0.328 e. The Labute approximate surface area is 107 Å². The monoisotopic (exact) mass is 297 g/mol. The number of hydrogen-bond donors (Lipinski definition) is 2. The molecule has 0 heterocycles. The minimum Gasteiger partial charge on any atom is -0.478 e. The summed E-state index contributed by atoms with van der Waals surface area (Å²) in [6.07, 6.45) is 2.52. The number of amides is 1. The number of hydrogen-bond acceptors (Lipinski definition) is 2. The van der Waals surface area contributed by atoms with Crippen molar-refractivity contribution in [3.63, 3.8) is 0 Å². The zero-order valence-electron chi connectivity index (χ0n) is 9.02. The molecule has 5 heteroatoms. The van der Waals surface area contributed by atoms with Crippen LogP contribution in [0.15, 0.2) is 40.9 Å². The van der Waals surface area contributed by atoms with E-state index in [2.05, 4.69) is 21.2 Å². The highest BCUT2D eigenvalue weighted by Gasteiger charge is 1.98. The fourth-order valence-electron chi connectivity index (χ4n) is 1.23. The van der Waals surface area contributed by atoms with E-state index < -0.39 is 11.9 Å². The quantitative estimate of drug-likeness (QED) is 0.814. The van der Waals surface area contributed by atoms with Gasteiger partial charge in [-0.15, -0.1) is 0 Å². The predicted molar refractivity (Wildman–Crippen MR) is 67.6 cm³/mol. The Bertz CT molecular complexity index is 443. The van der Waals surface area contributed by atoms with E-state index in [0.29, 0.717) is 13.0 Å². The molecule has 0 aliphatic rings. The number of carboxylic acid groups (broad SMARTS) is 1. The minimum absolute atomic E-state index is 0.401. The lowest BCUT2D eigenvalue weighted by atomic mass is 10.1. The third kappa shape index (κ3) is 5.87. The number of halogens is 1. The lowest BCUT2D eigenvalue weighted by Gasteiger charge is -2.03. The van der Waals surface area contributed by atoms with Gasteiger partial charge in [0.25, 0.3) is 0 Å². The molecular formula is C12H12BrNO3. The summed E-state index contributed by atoms with van der Waals surface area (Å²) in [5, 5.41) is 10.9. The Kier molecular flexibility index (Phi) is 5.42. The predicted octanol–water partition coefficient (Wildman–Crippen LogP) is 1.75. The fourth-order valence-corrected chi connectivity index (χ4v) is 1.68. The maximum absolute atomic E-state index is 11.1. The number of aliphatic carboxylic acids is 1. The molecule has 0 atom stereocenters. The number of benzene rings is 1. The minimum atomic E-state index is -1.13. The second kappa shape index (κ2) is 6.85. The summed E-state index contributed by atoms with van der Waals surface area (Å²) in [6, 6.07) is 7.78. The second-order valence-corrected chi connectivity index (χ2v) is 4.26. The van der Waals surface area contributed by atoms with Gasteiger partial charge in [-0.1, -0.05) is 28.1 Å². The van der Waals surface area contributed by atoms with Gasteiger partial charge in [0.15, 0.2) is 0 Å². The van der Waals surface area contributed by atoms with Crippen LogP contribution in [0.5, 0.6) is 0 Å². The van der Waals surface area contributed by atoms with Crippen molar-refractivity contribution in [3.8, 4) is 0 Å². The van der Waals surface area contributed by atoms with Gasteiger partial charge in [-0.2, -0.15) is 0 Å². The van der Waals surface area contributed by atoms with Gasteiger partial charge in [0.2, 0.25) is 5.91 Å². The summed E-state index contributed by atoms with van der Waals surface area (Å²) in [7, 11) is 0. The van der Waals surface area contributed by atoms with Crippen LogP contribution in [0.3, 0.4) is 0 Å². The Hall–Kier alpha value is -1.62. The topological polar surface area (TPSA) is 66.4 Å². The molecule has 2 N–H and O–H groups in total. The average molecular weight is 298 g/mol. The molecule has 0 radical (unpaired) electrons. The van der Waals surface area contributed by atoms with E-state index in [9.17, 15) is 9.59 Å².